The van der Waals surface area contributed by atoms with Crippen molar-refractivity contribution >= 4 is 41.0 Å². The van der Waals surface area contributed by atoms with Crippen molar-refractivity contribution < 1.29 is 9.19 Å². The van der Waals surface area contributed by atoms with Crippen molar-refractivity contribution in [2.75, 3.05) is 26.2 Å². The molecule has 102 valence electrons. The first-order valence-corrected chi connectivity index (χ1v) is 9.16. The van der Waals surface area contributed by atoms with E-state index in [1.165, 1.54) is 25.9 Å². The van der Waals surface area contributed by atoms with Gasteiger partial charge in [0.25, 0.3) is 0 Å². The Kier molecular flexibility index (Phi) is 6.55. The molecule has 0 unspecified atom stereocenters. The highest BCUT2D eigenvalue weighted by Gasteiger charge is 2.29. The topological polar surface area (TPSA) is 32.8 Å². The third-order valence-corrected chi connectivity index (χ3v) is 4.08. The zero-order valence-corrected chi connectivity index (χ0v) is 12.8. The van der Waals surface area contributed by atoms with Crippen molar-refractivity contribution in [3.05, 3.63) is 0 Å². The Bertz CT molecular complexity index is 275. The maximum absolute atomic E-state index is 11.1. The van der Waals surface area contributed by atoms with E-state index in [0.717, 1.165) is 25.9 Å². The molecule has 17 heavy (non-hydrogen) atoms. The van der Waals surface area contributed by atoms with Gasteiger partial charge in [0.2, 0.25) is 0 Å². The number of hydrogen-bond acceptors (Lipinski definition) is 4. The highest BCUT2D eigenvalue weighted by Crippen LogP contribution is 2.58. The van der Waals surface area contributed by atoms with Crippen molar-refractivity contribution in [2.24, 2.45) is 0 Å². The quantitative estimate of drug-likeness (QED) is 0.744. The second kappa shape index (κ2) is 6.95. The van der Waals surface area contributed by atoms with Gasteiger partial charge in [0, 0.05) is 19.1 Å². The van der Waals surface area contributed by atoms with Crippen molar-refractivity contribution in [3.8, 4) is 0 Å². The second-order valence-electron chi connectivity index (χ2n) is 4.40. The van der Waals surface area contributed by atoms with E-state index in [1.54, 1.807) is 5.06 Å². The predicted octanol–water partition coefficient (Wildman–Crippen LogP) is 3.49. The number of rotatable bonds is 3. The SMILES string of the molecule is Cl.O=P(Cl)(Cl)ON1CCC(N2CCCC2)CC1. The largest absolute Gasteiger partial charge is 0.396 e. The van der Waals surface area contributed by atoms with Crippen LogP contribution in [0.25, 0.3) is 0 Å². The van der Waals surface area contributed by atoms with Gasteiger partial charge < -0.3 is 4.90 Å². The molecule has 0 amide bonds. The molecular weight excluding hydrogens is 305 g/mol. The summed E-state index contributed by atoms with van der Waals surface area (Å²) in [6.45, 7) is 3.94. The Morgan fingerprint density at radius 1 is 1.06 bits per heavy atom. The van der Waals surface area contributed by atoms with Crippen molar-refractivity contribution in [3.63, 3.8) is 0 Å². The molecular formula is C9H18Cl3N2O2P. The van der Waals surface area contributed by atoms with E-state index in [9.17, 15) is 4.57 Å². The van der Waals surface area contributed by atoms with Gasteiger partial charge in [0.15, 0.2) is 0 Å². The molecule has 0 aromatic heterocycles. The van der Waals surface area contributed by atoms with Crippen molar-refractivity contribution in [2.45, 2.75) is 31.7 Å². The molecule has 2 saturated heterocycles. The molecule has 0 aliphatic carbocycles. The molecule has 0 radical (unpaired) electrons. The van der Waals surface area contributed by atoms with Gasteiger partial charge in [-0.3, -0.25) is 4.57 Å². The number of piperidine rings is 1. The summed E-state index contributed by atoms with van der Waals surface area (Å²) in [7, 11) is 0. The van der Waals surface area contributed by atoms with E-state index in [2.05, 4.69) is 4.90 Å². The van der Waals surface area contributed by atoms with E-state index in [-0.39, 0.29) is 12.4 Å². The molecule has 2 heterocycles. The van der Waals surface area contributed by atoms with Gasteiger partial charge in [-0.25, -0.2) is 4.62 Å². The van der Waals surface area contributed by atoms with E-state index in [0.29, 0.717) is 6.04 Å². The third kappa shape index (κ3) is 5.23. The minimum atomic E-state index is -3.42. The molecule has 0 atom stereocenters. The minimum Gasteiger partial charge on any atom is -0.300 e. The molecule has 0 aromatic carbocycles. The van der Waals surface area contributed by atoms with Gasteiger partial charge in [-0.2, -0.15) is 5.06 Å². The fourth-order valence-electron chi connectivity index (χ4n) is 2.53. The zero-order valence-electron chi connectivity index (χ0n) is 9.56. The molecule has 0 aromatic rings. The summed E-state index contributed by atoms with van der Waals surface area (Å²) in [5, 5.41) is 1.63. The Balaban J connectivity index is 0.00000144. The van der Waals surface area contributed by atoms with Crippen LogP contribution < -0.4 is 0 Å². The fraction of sp³-hybridized carbons (Fsp3) is 1.00. The van der Waals surface area contributed by atoms with Crippen LogP contribution in [0, 0.1) is 0 Å². The van der Waals surface area contributed by atoms with Crippen LogP contribution in [0.3, 0.4) is 0 Å². The van der Waals surface area contributed by atoms with E-state index in [4.69, 9.17) is 27.1 Å². The first-order chi connectivity index (χ1) is 7.54. The third-order valence-electron chi connectivity index (χ3n) is 3.29. The summed E-state index contributed by atoms with van der Waals surface area (Å²) in [6.07, 6.45) is 1.28. The fourth-order valence-corrected chi connectivity index (χ4v) is 3.49. The highest BCUT2D eigenvalue weighted by atomic mass is 35.9. The standard InChI is InChI=1S/C9H17Cl2N2O2P.ClH/c10-16(11,14)15-13-7-3-9(4-8-13)12-5-1-2-6-12;/h9H,1-8H2;1H. The molecule has 0 saturated carbocycles. The lowest BCUT2D eigenvalue weighted by Crippen LogP contribution is -2.43. The first kappa shape index (κ1) is 16.0. The summed E-state index contributed by atoms with van der Waals surface area (Å²) >= 11 is 10.8. The Hall–Kier alpha value is 0.980. The zero-order chi connectivity index (χ0) is 11.6. The molecule has 0 bridgehead atoms. The normalized spacial score (nSPS) is 24.8. The summed E-state index contributed by atoms with van der Waals surface area (Å²) in [5.41, 5.74) is 0. The Morgan fingerprint density at radius 3 is 2.06 bits per heavy atom. The van der Waals surface area contributed by atoms with E-state index in [1.807, 2.05) is 0 Å². The summed E-state index contributed by atoms with van der Waals surface area (Å²) in [4.78, 5) is 2.54. The number of likely N-dealkylation sites (tertiary alicyclic amines) is 1. The van der Waals surface area contributed by atoms with E-state index >= 15 is 0 Å². The van der Waals surface area contributed by atoms with Crippen molar-refractivity contribution in [1.29, 1.82) is 0 Å². The monoisotopic (exact) mass is 322 g/mol. The highest BCUT2D eigenvalue weighted by molar-refractivity contribution is 8.05. The molecule has 0 N–H and O–H groups in total. The molecule has 2 fully saturated rings. The molecule has 8 heteroatoms. The molecule has 2 aliphatic heterocycles. The van der Waals surface area contributed by atoms with Crippen LogP contribution in [0.1, 0.15) is 25.7 Å². The molecule has 0 spiro atoms. The van der Waals surface area contributed by atoms with Crippen molar-refractivity contribution in [1.82, 2.24) is 9.96 Å². The maximum atomic E-state index is 11.1. The predicted molar refractivity (Wildman–Crippen MR) is 73.0 cm³/mol. The smallest absolute Gasteiger partial charge is 0.300 e. The van der Waals surface area contributed by atoms with Crippen LogP contribution in [0.5, 0.6) is 0 Å². The minimum absolute atomic E-state index is 0. The van der Waals surface area contributed by atoms with Gasteiger partial charge in [0.1, 0.15) is 0 Å². The van der Waals surface area contributed by atoms with Gasteiger partial charge in [-0.15, -0.1) is 12.4 Å². The van der Waals surface area contributed by atoms with Gasteiger partial charge in [-0.05, 0) is 61.3 Å². The number of halogens is 3. The average molecular weight is 324 g/mol. The summed E-state index contributed by atoms with van der Waals surface area (Å²) in [6, 6.07) is 0.646. The lowest BCUT2D eigenvalue weighted by molar-refractivity contribution is -0.0779. The molecule has 4 nitrogen and oxygen atoms in total. The van der Waals surface area contributed by atoms with Crippen LogP contribution in [-0.2, 0) is 9.19 Å². The first-order valence-electron chi connectivity index (χ1n) is 5.73. The molecule has 2 rings (SSSR count). The van der Waals surface area contributed by atoms with Crippen LogP contribution in [0.4, 0.5) is 0 Å². The van der Waals surface area contributed by atoms with E-state index < -0.39 is 6.07 Å². The summed E-state index contributed by atoms with van der Waals surface area (Å²) in [5.74, 6) is 0. The number of hydrogen-bond donors (Lipinski definition) is 0. The Morgan fingerprint density at radius 2 is 1.59 bits per heavy atom. The maximum Gasteiger partial charge on any atom is 0.396 e. The average Bonchev–Trinajstić information content (AvgIpc) is 2.69. The van der Waals surface area contributed by atoms with Crippen LogP contribution >= 0.6 is 41.0 Å². The van der Waals surface area contributed by atoms with Gasteiger partial charge >= 0.3 is 6.07 Å². The summed E-state index contributed by atoms with van der Waals surface area (Å²) < 4.78 is 16.1. The second-order valence-corrected chi connectivity index (χ2v) is 8.58. The van der Waals surface area contributed by atoms with Gasteiger partial charge in [-0.1, -0.05) is 0 Å². The van der Waals surface area contributed by atoms with Gasteiger partial charge in [0.05, 0.1) is 0 Å². The lowest BCUT2D eigenvalue weighted by Gasteiger charge is -2.35. The van der Waals surface area contributed by atoms with Crippen LogP contribution in [0.15, 0.2) is 0 Å². The molecule has 2 aliphatic rings. The lowest BCUT2D eigenvalue weighted by atomic mass is 10.1. The Labute approximate surface area is 118 Å². The van der Waals surface area contributed by atoms with Crippen LogP contribution in [0.2, 0.25) is 0 Å². The van der Waals surface area contributed by atoms with Crippen LogP contribution in [-0.4, -0.2) is 42.2 Å². The number of hydroxylamine groups is 2. The number of nitrogens with zero attached hydrogens (tertiary/aromatic N) is 2.